The number of hydrogen-bond donors (Lipinski definition) is 1. The summed E-state index contributed by atoms with van der Waals surface area (Å²) in [6.45, 7) is 9.60. The number of nitrogen functional groups attached to an aromatic ring is 1. The van der Waals surface area contributed by atoms with Crippen LogP contribution < -0.4 is 5.73 Å². The zero-order valence-corrected chi connectivity index (χ0v) is 11.7. The lowest BCUT2D eigenvalue weighted by molar-refractivity contribution is 0.0739. The number of amides is 1. The van der Waals surface area contributed by atoms with Crippen LogP contribution >= 0.6 is 0 Å². The summed E-state index contributed by atoms with van der Waals surface area (Å²) in [6.07, 6.45) is 2.65. The van der Waals surface area contributed by atoms with Crippen LogP contribution in [0, 0.1) is 12.8 Å². The van der Waals surface area contributed by atoms with Crippen molar-refractivity contribution >= 4 is 11.6 Å². The predicted molar refractivity (Wildman–Crippen MR) is 74.4 cm³/mol. The first-order valence-electron chi connectivity index (χ1n) is 6.50. The van der Waals surface area contributed by atoms with Crippen molar-refractivity contribution in [3.8, 4) is 0 Å². The van der Waals surface area contributed by atoms with Crippen molar-refractivity contribution in [3.05, 3.63) is 23.5 Å². The third-order valence-corrected chi connectivity index (χ3v) is 3.24. The minimum atomic E-state index is 0.0232. The highest BCUT2D eigenvalue weighted by Gasteiger charge is 2.18. The minimum Gasteiger partial charge on any atom is -0.397 e. The molecule has 0 radical (unpaired) electrons. The largest absolute Gasteiger partial charge is 0.397 e. The standard InChI is InChI=1S/C14H23N3O/c1-5-10(3)9-17(6-2)14(18)13-7-12(15)8-16-11(13)4/h7-8,10H,5-6,9,15H2,1-4H3. The van der Waals surface area contributed by atoms with Crippen LogP contribution in [-0.4, -0.2) is 28.9 Å². The molecule has 0 aliphatic carbocycles. The zero-order valence-electron chi connectivity index (χ0n) is 11.7. The van der Waals surface area contributed by atoms with E-state index < -0.39 is 0 Å². The summed E-state index contributed by atoms with van der Waals surface area (Å²) in [6, 6.07) is 1.71. The molecule has 0 saturated heterocycles. The zero-order chi connectivity index (χ0) is 13.7. The van der Waals surface area contributed by atoms with Crippen molar-refractivity contribution in [1.82, 2.24) is 9.88 Å². The van der Waals surface area contributed by atoms with E-state index in [0.717, 1.165) is 18.7 Å². The molecular formula is C14H23N3O. The Labute approximate surface area is 109 Å². The molecule has 0 bridgehead atoms. The number of nitrogens with zero attached hydrogens (tertiary/aromatic N) is 2. The second-order valence-electron chi connectivity index (χ2n) is 4.76. The molecule has 0 saturated carbocycles. The minimum absolute atomic E-state index is 0.0232. The van der Waals surface area contributed by atoms with Crippen LogP contribution in [0.4, 0.5) is 5.69 Å². The molecule has 1 aromatic rings. The molecule has 1 aromatic heterocycles. The Balaban J connectivity index is 2.92. The number of carbonyl (C=O) groups excluding carboxylic acids is 1. The third-order valence-electron chi connectivity index (χ3n) is 3.24. The predicted octanol–water partition coefficient (Wildman–Crippen LogP) is 2.48. The molecule has 0 aromatic carbocycles. The molecule has 1 atom stereocenters. The van der Waals surface area contributed by atoms with Gasteiger partial charge in [-0.2, -0.15) is 0 Å². The molecule has 1 rings (SSSR count). The highest BCUT2D eigenvalue weighted by atomic mass is 16.2. The maximum Gasteiger partial charge on any atom is 0.255 e. The van der Waals surface area contributed by atoms with E-state index in [1.54, 1.807) is 12.3 Å². The van der Waals surface area contributed by atoms with Crippen LogP contribution in [0.15, 0.2) is 12.3 Å². The van der Waals surface area contributed by atoms with Gasteiger partial charge in [0, 0.05) is 13.1 Å². The lowest BCUT2D eigenvalue weighted by Crippen LogP contribution is -2.35. The first-order chi connectivity index (χ1) is 8.49. The molecule has 1 amide bonds. The van der Waals surface area contributed by atoms with Gasteiger partial charge in [0.1, 0.15) is 0 Å². The van der Waals surface area contributed by atoms with E-state index in [4.69, 9.17) is 5.73 Å². The van der Waals surface area contributed by atoms with E-state index in [1.807, 2.05) is 18.7 Å². The van der Waals surface area contributed by atoms with Crippen LogP contribution in [0.1, 0.15) is 43.2 Å². The Kier molecular flexibility index (Phi) is 5.13. The van der Waals surface area contributed by atoms with Crippen molar-refractivity contribution in [3.63, 3.8) is 0 Å². The average Bonchev–Trinajstić information content (AvgIpc) is 2.37. The van der Waals surface area contributed by atoms with Gasteiger partial charge in [-0.1, -0.05) is 20.3 Å². The van der Waals surface area contributed by atoms with Crippen molar-refractivity contribution in [2.45, 2.75) is 34.1 Å². The lowest BCUT2D eigenvalue weighted by atomic mass is 10.1. The van der Waals surface area contributed by atoms with Gasteiger partial charge in [-0.15, -0.1) is 0 Å². The maximum absolute atomic E-state index is 12.4. The molecular weight excluding hydrogens is 226 g/mol. The monoisotopic (exact) mass is 249 g/mol. The van der Waals surface area contributed by atoms with Gasteiger partial charge in [-0.25, -0.2) is 0 Å². The molecule has 4 heteroatoms. The van der Waals surface area contributed by atoms with Gasteiger partial charge < -0.3 is 10.6 Å². The van der Waals surface area contributed by atoms with Gasteiger partial charge in [0.25, 0.3) is 5.91 Å². The van der Waals surface area contributed by atoms with Crippen LogP contribution in [0.5, 0.6) is 0 Å². The molecule has 100 valence electrons. The smallest absolute Gasteiger partial charge is 0.255 e. The summed E-state index contributed by atoms with van der Waals surface area (Å²) in [7, 11) is 0. The van der Waals surface area contributed by atoms with Crippen LogP contribution in [0.3, 0.4) is 0 Å². The van der Waals surface area contributed by atoms with Gasteiger partial charge in [0.15, 0.2) is 0 Å². The number of aryl methyl sites for hydroxylation is 1. The Hall–Kier alpha value is -1.58. The second kappa shape index (κ2) is 6.38. The van der Waals surface area contributed by atoms with Gasteiger partial charge in [-0.3, -0.25) is 9.78 Å². The van der Waals surface area contributed by atoms with E-state index in [0.29, 0.717) is 23.7 Å². The van der Waals surface area contributed by atoms with Crippen LogP contribution in [-0.2, 0) is 0 Å². The normalized spacial score (nSPS) is 12.2. The van der Waals surface area contributed by atoms with Gasteiger partial charge in [-0.05, 0) is 25.8 Å². The molecule has 4 nitrogen and oxygen atoms in total. The Morgan fingerprint density at radius 2 is 2.17 bits per heavy atom. The summed E-state index contributed by atoms with van der Waals surface area (Å²) in [5, 5.41) is 0. The van der Waals surface area contributed by atoms with E-state index >= 15 is 0 Å². The number of hydrogen-bond acceptors (Lipinski definition) is 3. The summed E-state index contributed by atoms with van der Waals surface area (Å²) in [4.78, 5) is 18.4. The molecule has 1 unspecified atom stereocenters. The molecule has 2 N–H and O–H groups in total. The van der Waals surface area contributed by atoms with Crippen molar-refractivity contribution in [2.24, 2.45) is 5.92 Å². The topological polar surface area (TPSA) is 59.2 Å². The summed E-state index contributed by atoms with van der Waals surface area (Å²) in [5.74, 6) is 0.526. The SMILES string of the molecule is CCC(C)CN(CC)C(=O)c1cc(N)cnc1C. The highest BCUT2D eigenvalue weighted by Crippen LogP contribution is 2.14. The van der Waals surface area contributed by atoms with Crippen molar-refractivity contribution in [1.29, 1.82) is 0 Å². The molecule has 0 aliphatic rings. The van der Waals surface area contributed by atoms with E-state index in [-0.39, 0.29) is 5.91 Å². The average molecular weight is 249 g/mol. The first-order valence-corrected chi connectivity index (χ1v) is 6.50. The van der Waals surface area contributed by atoms with Gasteiger partial charge >= 0.3 is 0 Å². The lowest BCUT2D eigenvalue weighted by Gasteiger charge is -2.24. The Bertz CT molecular complexity index is 418. The number of rotatable bonds is 5. The third kappa shape index (κ3) is 3.45. The number of nitrogens with two attached hydrogens (primary N) is 1. The first kappa shape index (κ1) is 14.5. The molecule has 1 heterocycles. The van der Waals surface area contributed by atoms with E-state index in [2.05, 4.69) is 18.8 Å². The highest BCUT2D eigenvalue weighted by molar-refractivity contribution is 5.96. The fourth-order valence-electron chi connectivity index (χ4n) is 1.80. The summed E-state index contributed by atoms with van der Waals surface area (Å²) < 4.78 is 0. The van der Waals surface area contributed by atoms with E-state index in [9.17, 15) is 4.79 Å². The van der Waals surface area contributed by atoms with E-state index in [1.165, 1.54) is 0 Å². The molecule has 0 aliphatic heterocycles. The van der Waals surface area contributed by atoms with Gasteiger partial charge in [0.2, 0.25) is 0 Å². The van der Waals surface area contributed by atoms with Gasteiger partial charge in [0.05, 0.1) is 23.1 Å². The number of pyridine rings is 1. The summed E-state index contributed by atoms with van der Waals surface area (Å²) >= 11 is 0. The Morgan fingerprint density at radius 1 is 1.50 bits per heavy atom. The molecule has 0 spiro atoms. The number of aromatic nitrogens is 1. The van der Waals surface area contributed by atoms with Crippen LogP contribution in [0.25, 0.3) is 0 Å². The second-order valence-corrected chi connectivity index (χ2v) is 4.76. The van der Waals surface area contributed by atoms with Crippen molar-refractivity contribution in [2.75, 3.05) is 18.8 Å². The molecule has 0 fully saturated rings. The van der Waals surface area contributed by atoms with Crippen molar-refractivity contribution < 1.29 is 4.79 Å². The fraction of sp³-hybridized carbons (Fsp3) is 0.571. The Morgan fingerprint density at radius 3 is 2.72 bits per heavy atom. The number of carbonyl (C=O) groups is 1. The molecule has 18 heavy (non-hydrogen) atoms. The summed E-state index contributed by atoms with van der Waals surface area (Å²) in [5.41, 5.74) is 7.58. The maximum atomic E-state index is 12.4. The number of anilines is 1. The fourth-order valence-corrected chi connectivity index (χ4v) is 1.80. The quantitative estimate of drug-likeness (QED) is 0.872. The van der Waals surface area contributed by atoms with Crippen LogP contribution in [0.2, 0.25) is 0 Å².